The van der Waals surface area contributed by atoms with Crippen molar-refractivity contribution in [2.75, 3.05) is 11.9 Å². The number of amides is 3. The van der Waals surface area contributed by atoms with Gasteiger partial charge in [-0.3, -0.25) is 19.1 Å². The highest BCUT2D eigenvalue weighted by Gasteiger charge is 2.40. The summed E-state index contributed by atoms with van der Waals surface area (Å²) in [6.07, 6.45) is 0.242. The Labute approximate surface area is 235 Å². The number of nitrogens with two attached hydrogens (primary N) is 1. The van der Waals surface area contributed by atoms with Crippen molar-refractivity contribution in [3.05, 3.63) is 82.5 Å². The van der Waals surface area contributed by atoms with Gasteiger partial charge in [0.25, 0.3) is 5.91 Å². The quantitative estimate of drug-likeness (QED) is 0.348. The molecule has 0 saturated carbocycles. The first-order valence-electron chi connectivity index (χ1n) is 12.1. The molecule has 4 aromatic rings. The van der Waals surface area contributed by atoms with Crippen LogP contribution in [0.3, 0.4) is 0 Å². The number of fused-ring (bicyclic) bond motifs is 1. The topological polar surface area (TPSA) is 136 Å². The van der Waals surface area contributed by atoms with Crippen LogP contribution >= 0.6 is 11.6 Å². The number of hydrogen-bond acceptors (Lipinski definition) is 6. The summed E-state index contributed by atoms with van der Waals surface area (Å²) < 4.78 is 42.4. The number of carbonyl (C=O) groups is 3. The van der Waals surface area contributed by atoms with Crippen LogP contribution in [-0.4, -0.2) is 61.1 Å². The molecule has 2 aromatic carbocycles. The van der Waals surface area contributed by atoms with Gasteiger partial charge in [0.15, 0.2) is 11.5 Å². The Morgan fingerprint density at radius 1 is 1.10 bits per heavy atom. The Morgan fingerprint density at radius 2 is 1.85 bits per heavy atom. The number of benzene rings is 2. The minimum atomic E-state index is -1.46. The lowest BCUT2D eigenvalue weighted by molar-refractivity contribution is -0.137. The normalized spacial score (nSPS) is 16.3. The minimum Gasteiger partial charge on any atom is -0.364 e. The van der Waals surface area contributed by atoms with Crippen molar-refractivity contribution in [3.8, 4) is 11.8 Å². The van der Waals surface area contributed by atoms with E-state index in [4.69, 9.17) is 17.3 Å². The predicted molar refractivity (Wildman–Crippen MR) is 141 cm³/mol. The van der Waals surface area contributed by atoms with E-state index in [1.54, 1.807) is 12.1 Å². The molecule has 1 saturated heterocycles. The van der Waals surface area contributed by atoms with E-state index in [1.807, 2.05) is 0 Å². The second kappa shape index (κ2) is 11.3. The number of likely N-dealkylation sites (tertiary alicyclic amines) is 1. The molecule has 1 fully saturated rings. The first-order chi connectivity index (χ1) is 19.6. The minimum absolute atomic E-state index is 0.0829. The van der Waals surface area contributed by atoms with E-state index < -0.39 is 48.1 Å². The number of nitrogens with zero attached hydrogens (tertiary/aromatic N) is 5. The van der Waals surface area contributed by atoms with E-state index in [0.29, 0.717) is 16.5 Å². The van der Waals surface area contributed by atoms with Crippen LogP contribution in [0.5, 0.6) is 0 Å². The van der Waals surface area contributed by atoms with Gasteiger partial charge in [0.2, 0.25) is 17.6 Å². The zero-order valence-corrected chi connectivity index (χ0v) is 21.7. The molecule has 3 heterocycles. The van der Waals surface area contributed by atoms with Gasteiger partial charge in [-0.15, -0.1) is 0 Å². The second-order valence-electron chi connectivity index (χ2n) is 9.09. The summed E-state index contributed by atoms with van der Waals surface area (Å²) in [5.74, 6) is 2.02. The van der Waals surface area contributed by atoms with Crippen molar-refractivity contribution in [3.63, 3.8) is 0 Å². The molecule has 14 heteroatoms. The van der Waals surface area contributed by atoms with Crippen molar-refractivity contribution in [1.82, 2.24) is 24.6 Å². The fraction of sp³-hybridized carbons (Fsp3) is 0.185. The molecule has 208 valence electrons. The fourth-order valence-electron chi connectivity index (χ4n) is 4.39. The van der Waals surface area contributed by atoms with Crippen LogP contribution in [0.15, 0.2) is 48.8 Å². The van der Waals surface area contributed by atoms with Crippen molar-refractivity contribution in [1.29, 1.82) is 0 Å². The summed E-state index contributed by atoms with van der Waals surface area (Å²) in [7, 11) is 0. The van der Waals surface area contributed by atoms with Gasteiger partial charge in [-0.2, -0.15) is 5.10 Å². The molecule has 1 aliphatic rings. The first-order valence-corrected chi connectivity index (χ1v) is 12.5. The first kappa shape index (κ1) is 27.6. The summed E-state index contributed by atoms with van der Waals surface area (Å²) in [5, 5.41) is 6.83. The summed E-state index contributed by atoms with van der Waals surface area (Å²) in [5.41, 5.74) is 6.28. The smallest absolute Gasteiger partial charge is 0.269 e. The standard InChI is InChI=1S/C27H19ClF3N7O3/c28-19-4-3-17(9-20(19)31)35-27(41)22-8-15(29)12-37(22)24(39)13-38-21-5-1-14(7-18(21)25(36-38)26(32)40)2-6-23-33-10-16(30)11-34-23/h1,3-5,7,9-11,15,22H,8,12-13H2,(H2,32,40)(H,35,41)/t15-,22+/m1/s1. The number of alkyl halides is 1. The third-order valence-electron chi connectivity index (χ3n) is 6.27. The number of halogens is 4. The molecule has 10 nitrogen and oxygen atoms in total. The Kier molecular flexibility index (Phi) is 7.58. The predicted octanol–water partition coefficient (Wildman–Crippen LogP) is 2.83. The monoisotopic (exact) mass is 581 g/mol. The number of primary amides is 1. The fourth-order valence-corrected chi connectivity index (χ4v) is 4.51. The Hall–Kier alpha value is -4.96. The third-order valence-corrected chi connectivity index (χ3v) is 6.57. The van der Waals surface area contributed by atoms with Crippen LogP contribution in [0.2, 0.25) is 5.02 Å². The Bertz CT molecular complexity index is 1750. The summed E-state index contributed by atoms with van der Waals surface area (Å²) >= 11 is 5.67. The van der Waals surface area contributed by atoms with E-state index >= 15 is 0 Å². The summed E-state index contributed by atoms with van der Waals surface area (Å²) in [4.78, 5) is 46.9. The average molecular weight is 582 g/mol. The number of aromatic nitrogens is 4. The summed E-state index contributed by atoms with van der Waals surface area (Å²) in [6.45, 7) is -0.761. The maximum absolute atomic E-state index is 14.4. The van der Waals surface area contributed by atoms with Gasteiger partial charge in [0.1, 0.15) is 24.6 Å². The molecule has 3 N–H and O–H groups in total. The SMILES string of the molecule is NC(=O)c1nn(CC(=O)N2C[C@H](F)C[C@H]2C(=O)Nc2ccc(Cl)c(F)c2)c2ccc(C#Cc3ncc(F)cn3)cc12. The van der Waals surface area contributed by atoms with Crippen LogP contribution in [0, 0.1) is 23.5 Å². The molecule has 5 rings (SSSR count). The van der Waals surface area contributed by atoms with Gasteiger partial charge in [0, 0.05) is 23.1 Å². The molecule has 0 unspecified atom stereocenters. The highest BCUT2D eigenvalue weighted by Crippen LogP contribution is 2.25. The van der Waals surface area contributed by atoms with Crippen molar-refractivity contribution in [2.45, 2.75) is 25.2 Å². The van der Waals surface area contributed by atoms with Crippen LogP contribution in [0.4, 0.5) is 18.9 Å². The van der Waals surface area contributed by atoms with E-state index in [2.05, 4.69) is 32.2 Å². The van der Waals surface area contributed by atoms with E-state index in [-0.39, 0.29) is 35.2 Å². The molecule has 0 bridgehead atoms. The lowest BCUT2D eigenvalue weighted by atomic mass is 10.1. The van der Waals surface area contributed by atoms with Crippen LogP contribution in [0.25, 0.3) is 10.9 Å². The Morgan fingerprint density at radius 3 is 2.56 bits per heavy atom. The second-order valence-corrected chi connectivity index (χ2v) is 9.50. The molecular formula is C27H19ClF3N7O3. The molecule has 0 radical (unpaired) electrons. The highest BCUT2D eigenvalue weighted by atomic mass is 35.5. The van der Waals surface area contributed by atoms with Crippen LogP contribution in [0.1, 0.15) is 28.3 Å². The lowest BCUT2D eigenvalue weighted by Gasteiger charge is -2.23. The Balaban J connectivity index is 1.38. The maximum Gasteiger partial charge on any atom is 0.269 e. The van der Waals surface area contributed by atoms with E-state index in [0.717, 1.165) is 23.4 Å². The number of anilines is 1. The summed E-state index contributed by atoms with van der Waals surface area (Å²) in [6, 6.07) is 7.19. The molecular weight excluding hydrogens is 563 g/mol. The number of hydrogen-bond donors (Lipinski definition) is 2. The number of carbonyl (C=O) groups excluding carboxylic acids is 3. The van der Waals surface area contributed by atoms with Crippen molar-refractivity contribution in [2.24, 2.45) is 5.73 Å². The molecule has 2 atom stereocenters. The average Bonchev–Trinajstić information content (AvgIpc) is 3.51. The number of rotatable bonds is 5. The zero-order valence-electron chi connectivity index (χ0n) is 20.9. The van der Waals surface area contributed by atoms with E-state index in [1.165, 1.54) is 22.9 Å². The zero-order chi connectivity index (χ0) is 29.3. The van der Waals surface area contributed by atoms with Gasteiger partial charge < -0.3 is 16.0 Å². The van der Waals surface area contributed by atoms with Crippen molar-refractivity contribution >= 4 is 45.9 Å². The molecule has 41 heavy (non-hydrogen) atoms. The van der Waals surface area contributed by atoms with Gasteiger partial charge >= 0.3 is 0 Å². The van der Waals surface area contributed by atoms with Gasteiger partial charge in [-0.25, -0.2) is 23.1 Å². The number of nitrogens with one attached hydrogen (secondary N) is 1. The molecule has 3 amide bonds. The molecule has 1 aliphatic heterocycles. The maximum atomic E-state index is 14.4. The van der Waals surface area contributed by atoms with Gasteiger partial charge in [-0.05, 0) is 42.3 Å². The lowest BCUT2D eigenvalue weighted by Crippen LogP contribution is -2.44. The van der Waals surface area contributed by atoms with Crippen LogP contribution in [-0.2, 0) is 16.1 Å². The van der Waals surface area contributed by atoms with Crippen molar-refractivity contribution < 1.29 is 27.6 Å². The van der Waals surface area contributed by atoms with Gasteiger partial charge in [-0.1, -0.05) is 17.5 Å². The van der Waals surface area contributed by atoms with Crippen LogP contribution < -0.4 is 11.1 Å². The molecule has 2 aromatic heterocycles. The molecule has 0 spiro atoms. The largest absolute Gasteiger partial charge is 0.364 e. The highest BCUT2D eigenvalue weighted by molar-refractivity contribution is 6.30. The third kappa shape index (κ3) is 5.97. The molecule has 0 aliphatic carbocycles. The van der Waals surface area contributed by atoms with Gasteiger partial charge in [0.05, 0.1) is 29.5 Å². The van der Waals surface area contributed by atoms with E-state index in [9.17, 15) is 27.6 Å².